The molecule has 0 spiro atoms. The first-order valence-electron chi connectivity index (χ1n) is 4.07. The number of pyridine rings is 1. The molecular formula is C9H14Cl2N2O2. The van der Waals surface area contributed by atoms with Crippen LogP contribution < -0.4 is 5.73 Å². The van der Waals surface area contributed by atoms with Crippen molar-refractivity contribution in [1.29, 1.82) is 0 Å². The smallest absolute Gasteiger partial charge is 0.307 e. The number of nitrogens with two attached hydrogens (primary N) is 1. The highest BCUT2D eigenvalue weighted by Gasteiger charge is 2.00. The highest BCUT2D eigenvalue weighted by atomic mass is 35.5. The minimum Gasteiger partial charge on any atom is -0.461 e. The van der Waals surface area contributed by atoms with Gasteiger partial charge in [-0.25, -0.2) is 0 Å². The Balaban J connectivity index is 0. The van der Waals surface area contributed by atoms with Crippen molar-refractivity contribution in [3.05, 3.63) is 30.1 Å². The summed E-state index contributed by atoms with van der Waals surface area (Å²) in [6, 6.07) is 3.60. The van der Waals surface area contributed by atoms with Gasteiger partial charge >= 0.3 is 5.97 Å². The van der Waals surface area contributed by atoms with Gasteiger partial charge in [-0.1, -0.05) is 0 Å². The van der Waals surface area contributed by atoms with E-state index in [0.29, 0.717) is 13.2 Å². The van der Waals surface area contributed by atoms with Gasteiger partial charge in [0.05, 0.1) is 6.42 Å². The molecule has 4 nitrogen and oxygen atoms in total. The van der Waals surface area contributed by atoms with E-state index in [0.717, 1.165) is 5.56 Å². The molecule has 1 aromatic rings. The first-order valence-corrected chi connectivity index (χ1v) is 4.07. The lowest BCUT2D eigenvalue weighted by molar-refractivity contribution is -0.144. The Bertz CT molecular complexity index is 270. The molecule has 0 amide bonds. The summed E-state index contributed by atoms with van der Waals surface area (Å²) in [5, 5.41) is 0. The van der Waals surface area contributed by atoms with E-state index in [9.17, 15) is 4.79 Å². The molecule has 0 atom stereocenters. The number of ether oxygens (including phenoxy) is 1. The Morgan fingerprint density at radius 2 is 1.93 bits per heavy atom. The van der Waals surface area contributed by atoms with Gasteiger partial charge in [-0.15, -0.1) is 24.8 Å². The summed E-state index contributed by atoms with van der Waals surface area (Å²) < 4.78 is 4.92. The maximum atomic E-state index is 10.9. The zero-order valence-corrected chi connectivity index (χ0v) is 9.72. The summed E-state index contributed by atoms with van der Waals surface area (Å²) >= 11 is 0. The monoisotopic (exact) mass is 252 g/mol. The summed E-state index contributed by atoms with van der Waals surface area (Å²) in [7, 11) is 0. The zero-order valence-electron chi connectivity index (χ0n) is 8.09. The Morgan fingerprint density at radius 1 is 1.33 bits per heavy atom. The molecule has 0 saturated carbocycles. The van der Waals surface area contributed by atoms with Crippen LogP contribution in [-0.2, 0) is 16.1 Å². The van der Waals surface area contributed by atoms with Gasteiger partial charge in [0, 0.05) is 18.9 Å². The van der Waals surface area contributed by atoms with E-state index >= 15 is 0 Å². The summed E-state index contributed by atoms with van der Waals surface area (Å²) in [4.78, 5) is 14.7. The van der Waals surface area contributed by atoms with Crippen molar-refractivity contribution < 1.29 is 9.53 Å². The fraction of sp³-hybridized carbons (Fsp3) is 0.333. The van der Waals surface area contributed by atoms with Crippen LogP contribution in [0.3, 0.4) is 0 Å². The van der Waals surface area contributed by atoms with Crippen LogP contribution in [0.5, 0.6) is 0 Å². The quantitative estimate of drug-likeness (QED) is 0.822. The predicted molar refractivity (Wildman–Crippen MR) is 62.2 cm³/mol. The van der Waals surface area contributed by atoms with Gasteiger partial charge in [0.1, 0.15) is 6.61 Å². The molecule has 0 radical (unpaired) electrons. The Kier molecular flexibility index (Phi) is 10.7. The second-order valence-corrected chi connectivity index (χ2v) is 2.55. The maximum Gasteiger partial charge on any atom is 0.307 e. The van der Waals surface area contributed by atoms with E-state index in [1.807, 2.05) is 0 Å². The van der Waals surface area contributed by atoms with Crippen molar-refractivity contribution in [2.45, 2.75) is 13.0 Å². The minimum atomic E-state index is -0.265. The number of carbonyl (C=O) groups excluding carboxylic acids is 1. The van der Waals surface area contributed by atoms with Gasteiger partial charge in [0.2, 0.25) is 0 Å². The summed E-state index contributed by atoms with van der Waals surface area (Å²) in [5.74, 6) is -0.265. The van der Waals surface area contributed by atoms with Crippen LogP contribution in [-0.4, -0.2) is 17.5 Å². The number of esters is 1. The van der Waals surface area contributed by atoms with Crippen LogP contribution in [0.25, 0.3) is 0 Å². The van der Waals surface area contributed by atoms with Gasteiger partial charge in [0.15, 0.2) is 0 Å². The van der Waals surface area contributed by atoms with Crippen LogP contribution in [0.2, 0.25) is 0 Å². The number of nitrogens with zero attached hydrogens (tertiary/aromatic N) is 1. The number of carbonyl (C=O) groups is 1. The molecule has 6 heteroatoms. The number of halogens is 2. The molecule has 2 N–H and O–H groups in total. The van der Waals surface area contributed by atoms with E-state index in [-0.39, 0.29) is 37.2 Å². The summed E-state index contributed by atoms with van der Waals surface area (Å²) in [6.45, 7) is 0.622. The lowest BCUT2D eigenvalue weighted by Crippen LogP contribution is -2.10. The lowest BCUT2D eigenvalue weighted by Gasteiger charge is -2.02. The zero-order chi connectivity index (χ0) is 9.52. The first kappa shape index (κ1) is 16.6. The molecule has 1 rings (SSSR count). The van der Waals surface area contributed by atoms with Crippen LogP contribution in [0.4, 0.5) is 0 Å². The fourth-order valence-electron chi connectivity index (χ4n) is 0.833. The van der Waals surface area contributed by atoms with Gasteiger partial charge in [-0.2, -0.15) is 0 Å². The topological polar surface area (TPSA) is 65.2 Å². The molecule has 1 aromatic heterocycles. The van der Waals surface area contributed by atoms with E-state index in [4.69, 9.17) is 10.5 Å². The number of aromatic nitrogens is 1. The molecule has 86 valence electrons. The van der Waals surface area contributed by atoms with Crippen molar-refractivity contribution in [1.82, 2.24) is 4.98 Å². The molecule has 0 aliphatic rings. The second kappa shape index (κ2) is 9.71. The molecule has 0 bridgehead atoms. The molecule has 0 fully saturated rings. The van der Waals surface area contributed by atoms with Crippen LogP contribution >= 0.6 is 24.8 Å². The van der Waals surface area contributed by atoms with Crippen molar-refractivity contribution in [3.8, 4) is 0 Å². The standard InChI is InChI=1S/C9H12N2O2.2ClH/c10-4-1-9(12)13-7-8-2-5-11-6-3-8;;/h2-3,5-6H,1,4,7,10H2;2*1H. The van der Waals surface area contributed by atoms with Crippen LogP contribution in [0.1, 0.15) is 12.0 Å². The highest BCUT2D eigenvalue weighted by Crippen LogP contribution is 1.99. The highest BCUT2D eigenvalue weighted by molar-refractivity contribution is 5.85. The van der Waals surface area contributed by atoms with Gasteiger partial charge < -0.3 is 10.5 Å². The number of rotatable bonds is 4. The molecule has 15 heavy (non-hydrogen) atoms. The fourth-order valence-corrected chi connectivity index (χ4v) is 0.833. The molecule has 0 unspecified atom stereocenters. The van der Waals surface area contributed by atoms with E-state index in [1.54, 1.807) is 24.5 Å². The Labute approximate surface area is 101 Å². The van der Waals surface area contributed by atoms with Crippen LogP contribution in [0, 0.1) is 0 Å². The van der Waals surface area contributed by atoms with Gasteiger partial charge in [0.25, 0.3) is 0 Å². The third-order valence-corrected chi connectivity index (χ3v) is 1.50. The van der Waals surface area contributed by atoms with Crippen LogP contribution in [0.15, 0.2) is 24.5 Å². The third-order valence-electron chi connectivity index (χ3n) is 1.50. The molecule has 0 aliphatic carbocycles. The average molecular weight is 253 g/mol. The Morgan fingerprint density at radius 3 is 2.47 bits per heavy atom. The summed E-state index contributed by atoms with van der Waals surface area (Å²) in [6.07, 6.45) is 3.59. The van der Waals surface area contributed by atoms with Crippen molar-refractivity contribution >= 4 is 30.8 Å². The first-order chi connectivity index (χ1) is 6.33. The SMILES string of the molecule is Cl.Cl.NCCC(=O)OCc1ccncc1. The van der Waals surface area contributed by atoms with Gasteiger partial charge in [-0.3, -0.25) is 9.78 Å². The number of hydrogen-bond acceptors (Lipinski definition) is 4. The maximum absolute atomic E-state index is 10.9. The Hall–Kier alpha value is -0.840. The minimum absolute atomic E-state index is 0. The third kappa shape index (κ3) is 7.13. The molecule has 1 heterocycles. The predicted octanol–water partition coefficient (Wildman–Crippen LogP) is 1.32. The number of hydrogen-bond donors (Lipinski definition) is 1. The molecule has 0 aliphatic heterocycles. The van der Waals surface area contributed by atoms with Crippen molar-refractivity contribution in [2.24, 2.45) is 5.73 Å². The van der Waals surface area contributed by atoms with E-state index in [1.165, 1.54) is 0 Å². The average Bonchev–Trinajstić information content (AvgIpc) is 2.17. The van der Waals surface area contributed by atoms with E-state index < -0.39 is 0 Å². The van der Waals surface area contributed by atoms with Crippen molar-refractivity contribution in [2.75, 3.05) is 6.54 Å². The molecule has 0 aromatic carbocycles. The van der Waals surface area contributed by atoms with E-state index in [2.05, 4.69) is 4.98 Å². The normalized spacial score (nSPS) is 8.33. The van der Waals surface area contributed by atoms with Gasteiger partial charge in [-0.05, 0) is 17.7 Å². The second-order valence-electron chi connectivity index (χ2n) is 2.55. The summed E-state index contributed by atoms with van der Waals surface area (Å²) in [5.41, 5.74) is 6.12. The largest absolute Gasteiger partial charge is 0.461 e. The lowest BCUT2D eigenvalue weighted by atomic mass is 10.3. The molecule has 0 saturated heterocycles. The van der Waals surface area contributed by atoms with Crippen molar-refractivity contribution in [3.63, 3.8) is 0 Å². The molecular weight excluding hydrogens is 239 g/mol.